The standard InChI is InChI=1S/C28H29ClN2O3S/c1-18-7-10-25(19(2)15-18)34-17-24-22-12-14-35-26(22)11-13-30(24)27(32)16-31(20-8-9-20)28(33)21-5-3-4-6-23(21)29/h3-7,10,12,14-15,20,24H,8-9,11,13,16-17H2,1-2H3/t24-/m1/s1. The Morgan fingerprint density at radius 2 is 1.94 bits per heavy atom. The van der Waals surface area contributed by atoms with Crippen LogP contribution in [0.5, 0.6) is 5.75 Å². The van der Waals surface area contributed by atoms with E-state index in [2.05, 4.69) is 24.4 Å². The molecule has 2 amide bonds. The van der Waals surface area contributed by atoms with Crippen LogP contribution >= 0.6 is 22.9 Å². The molecule has 5 nitrogen and oxygen atoms in total. The van der Waals surface area contributed by atoms with Gasteiger partial charge in [-0.25, -0.2) is 0 Å². The smallest absolute Gasteiger partial charge is 0.256 e. The van der Waals surface area contributed by atoms with Gasteiger partial charge in [0.15, 0.2) is 0 Å². The number of halogens is 1. The average molecular weight is 509 g/mol. The number of thiophene rings is 1. The van der Waals surface area contributed by atoms with Crippen molar-refractivity contribution < 1.29 is 14.3 Å². The second-order valence-corrected chi connectivity index (χ2v) is 10.8. The lowest BCUT2D eigenvalue weighted by Crippen LogP contribution is -2.48. The maximum atomic E-state index is 13.7. The van der Waals surface area contributed by atoms with Crippen molar-refractivity contribution in [2.75, 3.05) is 19.7 Å². The van der Waals surface area contributed by atoms with Gasteiger partial charge in [-0.15, -0.1) is 11.3 Å². The van der Waals surface area contributed by atoms with Crippen LogP contribution in [0, 0.1) is 13.8 Å². The predicted octanol–water partition coefficient (Wildman–Crippen LogP) is 5.83. The third kappa shape index (κ3) is 5.09. The molecule has 1 saturated carbocycles. The lowest BCUT2D eigenvalue weighted by Gasteiger charge is -2.37. The summed E-state index contributed by atoms with van der Waals surface area (Å²) >= 11 is 8.03. The molecule has 0 bridgehead atoms. The Kier molecular flexibility index (Phi) is 6.85. The van der Waals surface area contributed by atoms with Crippen LogP contribution < -0.4 is 4.74 Å². The largest absolute Gasteiger partial charge is 0.491 e. The number of nitrogens with zero attached hydrogens (tertiary/aromatic N) is 2. The molecule has 5 rings (SSSR count). The van der Waals surface area contributed by atoms with Crippen LogP contribution in [0.2, 0.25) is 5.02 Å². The zero-order valence-electron chi connectivity index (χ0n) is 20.0. The van der Waals surface area contributed by atoms with Crippen molar-refractivity contribution in [2.24, 2.45) is 0 Å². The summed E-state index contributed by atoms with van der Waals surface area (Å²) in [5.74, 6) is 0.602. The van der Waals surface area contributed by atoms with E-state index < -0.39 is 0 Å². The number of amides is 2. The van der Waals surface area contributed by atoms with Gasteiger partial charge in [0, 0.05) is 17.5 Å². The molecule has 0 saturated heterocycles. The minimum atomic E-state index is -0.185. The Labute approximate surface area is 215 Å². The second-order valence-electron chi connectivity index (χ2n) is 9.38. The van der Waals surface area contributed by atoms with Crippen LogP contribution in [0.15, 0.2) is 53.9 Å². The fraction of sp³-hybridized carbons (Fsp3) is 0.357. The van der Waals surface area contributed by atoms with E-state index in [1.807, 2.05) is 24.0 Å². The highest BCUT2D eigenvalue weighted by molar-refractivity contribution is 7.10. The molecule has 2 heterocycles. The minimum absolute atomic E-state index is 0.0499. The molecule has 35 heavy (non-hydrogen) atoms. The molecule has 7 heteroatoms. The van der Waals surface area contributed by atoms with Crippen molar-refractivity contribution in [3.8, 4) is 5.75 Å². The Morgan fingerprint density at radius 1 is 1.14 bits per heavy atom. The van der Waals surface area contributed by atoms with Crippen molar-refractivity contribution in [1.29, 1.82) is 0 Å². The maximum Gasteiger partial charge on any atom is 0.256 e. The van der Waals surface area contributed by atoms with Crippen LogP contribution in [-0.2, 0) is 11.2 Å². The number of hydrogen-bond acceptors (Lipinski definition) is 4. The first-order valence-electron chi connectivity index (χ1n) is 12.0. The van der Waals surface area contributed by atoms with E-state index in [0.29, 0.717) is 23.7 Å². The first-order valence-corrected chi connectivity index (χ1v) is 13.3. The Bertz CT molecular complexity index is 1250. The van der Waals surface area contributed by atoms with Gasteiger partial charge in [0.25, 0.3) is 5.91 Å². The van der Waals surface area contributed by atoms with Gasteiger partial charge in [-0.3, -0.25) is 9.59 Å². The summed E-state index contributed by atoms with van der Waals surface area (Å²) in [5, 5.41) is 2.50. The van der Waals surface area contributed by atoms with Gasteiger partial charge in [-0.1, -0.05) is 41.4 Å². The quantitative estimate of drug-likeness (QED) is 0.403. The van der Waals surface area contributed by atoms with Crippen molar-refractivity contribution in [1.82, 2.24) is 9.80 Å². The summed E-state index contributed by atoms with van der Waals surface area (Å²) in [5.41, 5.74) is 3.86. The number of carbonyl (C=O) groups excluding carboxylic acids is 2. The van der Waals surface area contributed by atoms with E-state index >= 15 is 0 Å². The summed E-state index contributed by atoms with van der Waals surface area (Å²) in [6.07, 6.45) is 2.65. The summed E-state index contributed by atoms with van der Waals surface area (Å²) in [4.78, 5) is 31.9. The van der Waals surface area contributed by atoms with Gasteiger partial charge in [0.2, 0.25) is 5.91 Å². The molecule has 182 valence electrons. The van der Waals surface area contributed by atoms with E-state index in [0.717, 1.165) is 36.1 Å². The van der Waals surface area contributed by atoms with Gasteiger partial charge in [0.1, 0.15) is 18.9 Å². The van der Waals surface area contributed by atoms with Crippen LogP contribution in [0.25, 0.3) is 0 Å². The molecule has 3 aromatic rings. The molecule has 1 atom stereocenters. The van der Waals surface area contributed by atoms with Crippen molar-refractivity contribution in [3.05, 3.63) is 86.1 Å². The number of aryl methyl sites for hydroxylation is 2. The van der Waals surface area contributed by atoms with Crippen molar-refractivity contribution in [3.63, 3.8) is 0 Å². The van der Waals surface area contributed by atoms with E-state index in [1.165, 1.54) is 10.4 Å². The monoisotopic (exact) mass is 508 g/mol. The first kappa shape index (κ1) is 23.9. The molecule has 1 aliphatic heterocycles. The highest BCUT2D eigenvalue weighted by atomic mass is 35.5. The number of fused-ring (bicyclic) bond motifs is 1. The SMILES string of the molecule is Cc1ccc(OC[C@@H]2c3ccsc3CCN2C(=O)CN(C(=O)c2ccccc2Cl)C2CC2)c(C)c1. The lowest BCUT2D eigenvalue weighted by molar-refractivity contribution is -0.135. The third-order valence-corrected chi connectivity index (χ3v) is 8.13. The van der Waals surface area contributed by atoms with Crippen LogP contribution in [0.3, 0.4) is 0 Å². The molecule has 2 aromatic carbocycles. The molecule has 0 spiro atoms. The fourth-order valence-corrected chi connectivity index (χ4v) is 5.93. The summed E-state index contributed by atoms with van der Waals surface area (Å²) < 4.78 is 6.25. The molecule has 1 fully saturated rings. The molecule has 0 radical (unpaired) electrons. The van der Waals surface area contributed by atoms with Gasteiger partial charge in [-0.05, 0) is 73.9 Å². The number of ether oxygens (including phenoxy) is 1. The predicted molar refractivity (Wildman–Crippen MR) is 139 cm³/mol. The summed E-state index contributed by atoms with van der Waals surface area (Å²) in [6, 6.07) is 15.2. The molecule has 0 N–H and O–H groups in total. The second kappa shape index (κ2) is 10.0. The normalized spacial score (nSPS) is 17.1. The topological polar surface area (TPSA) is 49.9 Å². The Hall–Kier alpha value is -2.83. The highest BCUT2D eigenvalue weighted by Crippen LogP contribution is 2.35. The van der Waals surface area contributed by atoms with E-state index in [-0.39, 0.29) is 30.4 Å². The van der Waals surface area contributed by atoms with Gasteiger partial charge >= 0.3 is 0 Å². The summed E-state index contributed by atoms with van der Waals surface area (Å²) in [6.45, 7) is 5.14. The van der Waals surface area contributed by atoms with Gasteiger partial charge in [-0.2, -0.15) is 0 Å². The van der Waals surface area contributed by atoms with E-state index in [1.54, 1.807) is 40.5 Å². The third-order valence-electron chi connectivity index (χ3n) is 6.80. The summed E-state index contributed by atoms with van der Waals surface area (Å²) in [7, 11) is 0. The zero-order valence-corrected chi connectivity index (χ0v) is 21.6. The number of carbonyl (C=O) groups is 2. The molecule has 2 aliphatic rings. The van der Waals surface area contributed by atoms with E-state index in [9.17, 15) is 9.59 Å². The molecular formula is C28H29ClN2O3S. The highest BCUT2D eigenvalue weighted by Gasteiger charge is 2.38. The van der Waals surface area contributed by atoms with Crippen LogP contribution in [-0.4, -0.2) is 47.4 Å². The van der Waals surface area contributed by atoms with Crippen LogP contribution in [0.1, 0.15) is 50.8 Å². The molecule has 1 aromatic heterocycles. The zero-order chi connectivity index (χ0) is 24.5. The Balaban J connectivity index is 1.36. The number of benzene rings is 2. The lowest BCUT2D eigenvalue weighted by atomic mass is 10.00. The molecule has 0 unspecified atom stereocenters. The Morgan fingerprint density at radius 3 is 2.69 bits per heavy atom. The van der Waals surface area contributed by atoms with Crippen molar-refractivity contribution in [2.45, 2.75) is 45.2 Å². The fourth-order valence-electron chi connectivity index (χ4n) is 4.78. The van der Waals surface area contributed by atoms with Crippen LogP contribution in [0.4, 0.5) is 0 Å². The average Bonchev–Trinajstić information content (AvgIpc) is 3.57. The number of rotatable bonds is 7. The van der Waals surface area contributed by atoms with Gasteiger partial charge < -0.3 is 14.5 Å². The van der Waals surface area contributed by atoms with Gasteiger partial charge in [0.05, 0.1) is 16.6 Å². The minimum Gasteiger partial charge on any atom is -0.491 e. The maximum absolute atomic E-state index is 13.7. The van der Waals surface area contributed by atoms with E-state index in [4.69, 9.17) is 16.3 Å². The first-order chi connectivity index (χ1) is 16.9. The molecular weight excluding hydrogens is 480 g/mol. The number of hydrogen-bond donors (Lipinski definition) is 0. The molecule has 1 aliphatic carbocycles. The van der Waals surface area contributed by atoms with Crippen molar-refractivity contribution >= 4 is 34.8 Å².